The molecule has 0 saturated heterocycles. The van der Waals surface area contributed by atoms with Crippen molar-refractivity contribution in [3.05, 3.63) is 69.3 Å². The Labute approximate surface area is 182 Å². The van der Waals surface area contributed by atoms with E-state index < -0.39 is 34.7 Å². The first-order valence-corrected chi connectivity index (χ1v) is 10.2. The lowest BCUT2D eigenvalue weighted by molar-refractivity contribution is -0.117. The van der Waals surface area contributed by atoms with E-state index in [1.165, 1.54) is 12.1 Å². The number of carbonyl (C=O) groups excluding carboxylic acids is 1. The number of nitrogens with one attached hydrogen (secondary N) is 1. The number of anilines is 1. The highest BCUT2D eigenvalue weighted by molar-refractivity contribution is 5.92. The number of carbonyl (C=O) groups is 1. The summed E-state index contributed by atoms with van der Waals surface area (Å²) in [6.45, 7) is 4.30. The fourth-order valence-electron chi connectivity index (χ4n) is 3.51. The first-order chi connectivity index (χ1) is 15.2. The van der Waals surface area contributed by atoms with Gasteiger partial charge in [0.05, 0.1) is 12.2 Å². The Morgan fingerprint density at radius 3 is 2.53 bits per heavy atom. The van der Waals surface area contributed by atoms with Crippen molar-refractivity contribution < 1.29 is 27.5 Å². The average Bonchev–Trinajstić information content (AvgIpc) is 2.73. The second kappa shape index (κ2) is 9.86. The third-order valence-corrected chi connectivity index (χ3v) is 5.02. The SMILES string of the molecule is CCCN(CC(=O)Nc1ccc(F)c(F)c1F)Cc1cc(=O)oc2cc(O)c(CC)cc12. The van der Waals surface area contributed by atoms with Gasteiger partial charge >= 0.3 is 5.63 Å². The summed E-state index contributed by atoms with van der Waals surface area (Å²) in [6, 6.07) is 6.14. The molecule has 0 radical (unpaired) electrons. The summed E-state index contributed by atoms with van der Waals surface area (Å²) in [5.41, 5.74) is 0.458. The Morgan fingerprint density at radius 1 is 1.09 bits per heavy atom. The molecule has 2 N–H and O–H groups in total. The normalized spacial score (nSPS) is 11.3. The molecule has 0 spiro atoms. The van der Waals surface area contributed by atoms with Gasteiger partial charge in [0.25, 0.3) is 0 Å². The topological polar surface area (TPSA) is 82.8 Å². The summed E-state index contributed by atoms with van der Waals surface area (Å²) in [4.78, 5) is 26.2. The second-order valence-electron chi connectivity index (χ2n) is 7.40. The first-order valence-electron chi connectivity index (χ1n) is 10.2. The molecule has 2 aromatic carbocycles. The maximum atomic E-state index is 13.9. The van der Waals surface area contributed by atoms with Crippen LogP contribution in [0, 0.1) is 17.5 Å². The third-order valence-electron chi connectivity index (χ3n) is 5.02. The maximum Gasteiger partial charge on any atom is 0.336 e. The Kier molecular flexibility index (Phi) is 7.19. The highest BCUT2D eigenvalue weighted by Gasteiger charge is 2.18. The lowest BCUT2D eigenvalue weighted by atomic mass is 10.0. The standard InChI is InChI=1S/C23H23F3N2O4/c1-3-7-28(12-20(30)27-17-6-5-16(24)22(25)23(17)26)11-14-9-21(31)32-19-10-18(29)13(4-2)8-15(14)19/h5-6,8-10,29H,3-4,7,11-12H2,1-2H3,(H,27,30). The van der Waals surface area contributed by atoms with Crippen molar-refractivity contribution in [3.63, 3.8) is 0 Å². The Morgan fingerprint density at radius 2 is 1.84 bits per heavy atom. The lowest BCUT2D eigenvalue weighted by Crippen LogP contribution is -2.34. The van der Waals surface area contributed by atoms with Crippen LogP contribution in [0.1, 0.15) is 31.4 Å². The molecule has 1 heterocycles. The molecule has 0 atom stereocenters. The molecule has 32 heavy (non-hydrogen) atoms. The van der Waals surface area contributed by atoms with Crippen LogP contribution >= 0.6 is 0 Å². The summed E-state index contributed by atoms with van der Waals surface area (Å²) >= 11 is 0. The molecule has 6 nitrogen and oxygen atoms in total. The quantitative estimate of drug-likeness (QED) is 0.396. The molecule has 0 bridgehead atoms. The summed E-state index contributed by atoms with van der Waals surface area (Å²) in [5, 5.41) is 13.0. The first kappa shape index (κ1) is 23.3. The molecule has 1 amide bonds. The highest BCUT2D eigenvalue weighted by atomic mass is 19.2. The van der Waals surface area contributed by atoms with Gasteiger partial charge in [-0.25, -0.2) is 18.0 Å². The number of benzene rings is 2. The number of fused-ring (bicyclic) bond motifs is 1. The maximum absolute atomic E-state index is 13.9. The zero-order valence-electron chi connectivity index (χ0n) is 17.7. The van der Waals surface area contributed by atoms with Crippen LogP contribution in [-0.2, 0) is 17.8 Å². The van der Waals surface area contributed by atoms with E-state index in [-0.39, 0.29) is 24.4 Å². The van der Waals surface area contributed by atoms with Gasteiger partial charge in [0, 0.05) is 24.1 Å². The van der Waals surface area contributed by atoms with Crippen LogP contribution in [0.25, 0.3) is 11.0 Å². The van der Waals surface area contributed by atoms with Crippen molar-refractivity contribution in [2.75, 3.05) is 18.4 Å². The van der Waals surface area contributed by atoms with Crippen molar-refractivity contribution in [3.8, 4) is 5.75 Å². The molecule has 9 heteroatoms. The zero-order valence-corrected chi connectivity index (χ0v) is 17.7. The van der Waals surface area contributed by atoms with Crippen molar-refractivity contribution in [1.29, 1.82) is 0 Å². The number of aromatic hydroxyl groups is 1. The van der Waals surface area contributed by atoms with Gasteiger partial charge in [-0.05, 0) is 48.7 Å². The van der Waals surface area contributed by atoms with E-state index in [2.05, 4.69) is 5.32 Å². The van der Waals surface area contributed by atoms with E-state index in [9.17, 15) is 27.9 Å². The van der Waals surface area contributed by atoms with Gasteiger partial charge in [0.1, 0.15) is 11.3 Å². The molecule has 0 fully saturated rings. The molecule has 0 saturated carbocycles. The fraction of sp³-hybridized carbons (Fsp3) is 0.304. The number of amides is 1. The smallest absolute Gasteiger partial charge is 0.336 e. The second-order valence-corrected chi connectivity index (χ2v) is 7.40. The summed E-state index contributed by atoms with van der Waals surface area (Å²) in [6.07, 6.45) is 1.26. The van der Waals surface area contributed by atoms with Gasteiger partial charge in [0.15, 0.2) is 17.5 Å². The highest BCUT2D eigenvalue weighted by Crippen LogP contribution is 2.27. The monoisotopic (exact) mass is 448 g/mol. The van der Waals surface area contributed by atoms with Crippen LogP contribution in [0.3, 0.4) is 0 Å². The van der Waals surface area contributed by atoms with Crippen LogP contribution in [-0.4, -0.2) is 29.0 Å². The molecule has 0 aliphatic carbocycles. The van der Waals surface area contributed by atoms with E-state index in [0.29, 0.717) is 35.9 Å². The molecule has 0 aliphatic rings. The van der Waals surface area contributed by atoms with Crippen molar-refractivity contribution in [2.45, 2.75) is 33.2 Å². The van der Waals surface area contributed by atoms with Gasteiger partial charge in [0.2, 0.25) is 5.91 Å². The Balaban J connectivity index is 1.85. The van der Waals surface area contributed by atoms with Crippen LogP contribution in [0.5, 0.6) is 5.75 Å². The van der Waals surface area contributed by atoms with Crippen LogP contribution in [0.4, 0.5) is 18.9 Å². The summed E-state index contributed by atoms with van der Waals surface area (Å²) < 4.78 is 45.6. The predicted octanol–water partition coefficient (Wildman–Crippen LogP) is 4.33. The Hall–Kier alpha value is -3.33. The van der Waals surface area contributed by atoms with Crippen molar-refractivity contribution in [1.82, 2.24) is 4.90 Å². The average molecular weight is 448 g/mol. The van der Waals surface area contributed by atoms with Crippen LogP contribution < -0.4 is 10.9 Å². The van der Waals surface area contributed by atoms with Gasteiger partial charge in [-0.1, -0.05) is 13.8 Å². The fourth-order valence-corrected chi connectivity index (χ4v) is 3.51. The van der Waals surface area contributed by atoms with Crippen molar-refractivity contribution in [2.24, 2.45) is 0 Å². The number of rotatable bonds is 8. The minimum atomic E-state index is -1.66. The molecular formula is C23H23F3N2O4. The number of halogens is 3. The predicted molar refractivity (Wildman–Crippen MR) is 114 cm³/mol. The largest absolute Gasteiger partial charge is 0.508 e. The molecule has 1 aromatic heterocycles. The van der Waals surface area contributed by atoms with Gasteiger partial charge in [-0.2, -0.15) is 0 Å². The molecular weight excluding hydrogens is 425 g/mol. The molecule has 3 aromatic rings. The molecule has 170 valence electrons. The summed E-state index contributed by atoms with van der Waals surface area (Å²) in [5.74, 6) is -5.08. The number of hydrogen-bond donors (Lipinski definition) is 2. The van der Waals surface area contributed by atoms with Crippen LogP contribution in [0.15, 0.2) is 39.5 Å². The molecule has 0 unspecified atom stereocenters. The van der Waals surface area contributed by atoms with E-state index in [0.717, 1.165) is 12.1 Å². The van der Waals surface area contributed by atoms with E-state index in [4.69, 9.17) is 4.42 Å². The number of phenols is 1. The van der Waals surface area contributed by atoms with Gasteiger partial charge in [-0.3, -0.25) is 9.69 Å². The van der Waals surface area contributed by atoms with Crippen molar-refractivity contribution >= 4 is 22.6 Å². The minimum Gasteiger partial charge on any atom is -0.508 e. The minimum absolute atomic E-state index is 0.0265. The Bertz CT molecular complexity index is 1210. The van der Waals surface area contributed by atoms with Crippen LogP contribution in [0.2, 0.25) is 0 Å². The number of phenolic OH excluding ortho intramolecular Hbond substituents is 1. The van der Waals surface area contributed by atoms with E-state index in [1.54, 1.807) is 11.0 Å². The molecule has 3 rings (SSSR count). The number of hydrogen-bond acceptors (Lipinski definition) is 5. The summed E-state index contributed by atoms with van der Waals surface area (Å²) in [7, 11) is 0. The number of aryl methyl sites for hydroxylation is 1. The lowest BCUT2D eigenvalue weighted by Gasteiger charge is -2.22. The third kappa shape index (κ3) is 5.11. The van der Waals surface area contributed by atoms with Gasteiger partial charge < -0.3 is 14.8 Å². The molecule has 0 aliphatic heterocycles. The zero-order chi connectivity index (χ0) is 23.4. The van der Waals surface area contributed by atoms with E-state index in [1.807, 2.05) is 13.8 Å². The van der Waals surface area contributed by atoms with Gasteiger partial charge in [-0.15, -0.1) is 0 Å². The van der Waals surface area contributed by atoms with E-state index >= 15 is 0 Å². The number of nitrogens with zero attached hydrogens (tertiary/aromatic N) is 1.